The second-order valence-electron chi connectivity index (χ2n) is 5.74. The van der Waals surface area contributed by atoms with Gasteiger partial charge in [-0.15, -0.1) is 0 Å². The van der Waals surface area contributed by atoms with E-state index in [2.05, 4.69) is 25.7 Å². The number of piperidine rings is 1. The molecule has 1 saturated heterocycles. The molecule has 2 atom stereocenters. The van der Waals surface area contributed by atoms with E-state index in [0.29, 0.717) is 11.8 Å². The molecule has 1 rings (SSSR count). The molecular formula is C12H25NO2. The number of likely N-dealkylation sites (tertiary alicyclic amines) is 1. The lowest BCUT2D eigenvalue weighted by Crippen LogP contribution is -2.51. The SMILES string of the molecule is CC(C)(C)N1CC(CO)CC(CCO)C1. The molecule has 2 unspecified atom stereocenters. The van der Waals surface area contributed by atoms with Gasteiger partial charge >= 0.3 is 0 Å². The van der Waals surface area contributed by atoms with E-state index in [1.54, 1.807) is 0 Å². The van der Waals surface area contributed by atoms with E-state index in [1.165, 1.54) is 0 Å². The molecule has 1 heterocycles. The minimum atomic E-state index is 0.168. The number of hydrogen-bond acceptors (Lipinski definition) is 3. The molecule has 0 aromatic heterocycles. The van der Waals surface area contributed by atoms with Crippen LogP contribution in [0.1, 0.15) is 33.6 Å². The summed E-state index contributed by atoms with van der Waals surface area (Å²) in [6, 6.07) is 0. The lowest BCUT2D eigenvalue weighted by Gasteiger charge is -2.44. The zero-order chi connectivity index (χ0) is 11.5. The molecule has 1 aliphatic heterocycles. The molecule has 0 aromatic carbocycles. The van der Waals surface area contributed by atoms with Crippen LogP contribution in [0.5, 0.6) is 0 Å². The van der Waals surface area contributed by atoms with Crippen molar-refractivity contribution in [3.05, 3.63) is 0 Å². The third-order valence-electron chi connectivity index (χ3n) is 3.37. The molecular weight excluding hydrogens is 190 g/mol. The summed E-state index contributed by atoms with van der Waals surface area (Å²) < 4.78 is 0. The van der Waals surface area contributed by atoms with Gasteiger partial charge in [-0.05, 0) is 45.4 Å². The van der Waals surface area contributed by atoms with Crippen LogP contribution in [0.4, 0.5) is 0 Å². The van der Waals surface area contributed by atoms with Crippen molar-refractivity contribution in [2.45, 2.75) is 39.2 Å². The van der Waals surface area contributed by atoms with Crippen LogP contribution in [-0.2, 0) is 0 Å². The van der Waals surface area contributed by atoms with Crippen molar-refractivity contribution in [1.29, 1.82) is 0 Å². The predicted octanol–water partition coefficient (Wildman–Crippen LogP) is 1.10. The first kappa shape index (κ1) is 12.9. The van der Waals surface area contributed by atoms with Crippen molar-refractivity contribution in [1.82, 2.24) is 4.90 Å². The van der Waals surface area contributed by atoms with Crippen LogP contribution in [0, 0.1) is 11.8 Å². The molecule has 3 heteroatoms. The standard InChI is InChI=1S/C12H25NO2/c1-12(2,3)13-7-10(4-5-14)6-11(8-13)9-15/h10-11,14-15H,4-9H2,1-3H3. The zero-order valence-corrected chi connectivity index (χ0v) is 10.2. The van der Waals surface area contributed by atoms with Gasteiger partial charge in [0, 0.05) is 31.8 Å². The van der Waals surface area contributed by atoms with Crippen molar-refractivity contribution in [2.75, 3.05) is 26.3 Å². The van der Waals surface area contributed by atoms with Gasteiger partial charge in [-0.1, -0.05) is 0 Å². The maximum absolute atomic E-state index is 9.27. The lowest BCUT2D eigenvalue weighted by atomic mass is 9.85. The van der Waals surface area contributed by atoms with Gasteiger partial charge in [0.15, 0.2) is 0 Å². The topological polar surface area (TPSA) is 43.7 Å². The first-order valence-electron chi connectivity index (χ1n) is 5.94. The van der Waals surface area contributed by atoms with Crippen LogP contribution in [0.2, 0.25) is 0 Å². The molecule has 0 bridgehead atoms. The van der Waals surface area contributed by atoms with E-state index in [-0.39, 0.29) is 18.8 Å². The average Bonchev–Trinajstić information content (AvgIpc) is 2.16. The Morgan fingerprint density at radius 2 is 1.73 bits per heavy atom. The summed E-state index contributed by atoms with van der Waals surface area (Å²) in [6.45, 7) is 9.21. The normalized spacial score (nSPS) is 29.4. The zero-order valence-electron chi connectivity index (χ0n) is 10.2. The van der Waals surface area contributed by atoms with E-state index in [0.717, 1.165) is 25.9 Å². The first-order chi connectivity index (χ1) is 6.97. The largest absolute Gasteiger partial charge is 0.396 e. The molecule has 15 heavy (non-hydrogen) atoms. The Morgan fingerprint density at radius 3 is 2.20 bits per heavy atom. The number of nitrogens with zero attached hydrogens (tertiary/aromatic N) is 1. The highest BCUT2D eigenvalue weighted by atomic mass is 16.3. The Hall–Kier alpha value is -0.120. The van der Waals surface area contributed by atoms with Crippen LogP contribution in [-0.4, -0.2) is 47.0 Å². The summed E-state index contributed by atoms with van der Waals surface area (Å²) >= 11 is 0. The Balaban J connectivity index is 2.59. The minimum Gasteiger partial charge on any atom is -0.396 e. The van der Waals surface area contributed by atoms with Crippen LogP contribution in [0.15, 0.2) is 0 Å². The molecule has 1 fully saturated rings. The summed E-state index contributed by atoms with van der Waals surface area (Å²) in [6.07, 6.45) is 1.92. The van der Waals surface area contributed by atoms with Gasteiger partial charge in [0.05, 0.1) is 0 Å². The molecule has 1 aliphatic rings. The van der Waals surface area contributed by atoms with Gasteiger partial charge < -0.3 is 10.2 Å². The summed E-state index contributed by atoms with van der Waals surface area (Å²) in [4.78, 5) is 2.43. The van der Waals surface area contributed by atoms with Gasteiger partial charge in [-0.25, -0.2) is 0 Å². The quantitative estimate of drug-likeness (QED) is 0.741. The predicted molar refractivity (Wildman–Crippen MR) is 61.7 cm³/mol. The number of hydrogen-bond donors (Lipinski definition) is 2. The Labute approximate surface area is 93.1 Å². The molecule has 0 saturated carbocycles. The maximum Gasteiger partial charge on any atom is 0.0471 e. The van der Waals surface area contributed by atoms with Crippen LogP contribution in [0.3, 0.4) is 0 Å². The fraction of sp³-hybridized carbons (Fsp3) is 1.00. The van der Waals surface area contributed by atoms with Gasteiger partial charge in [0.2, 0.25) is 0 Å². The molecule has 0 spiro atoms. The summed E-state index contributed by atoms with van der Waals surface area (Å²) in [5.74, 6) is 0.926. The van der Waals surface area contributed by atoms with Gasteiger partial charge in [0.25, 0.3) is 0 Å². The van der Waals surface area contributed by atoms with E-state index in [1.807, 2.05) is 0 Å². The first-order valence-corrected chi connectivity index (χ1v) is 5.94. The Morgan fingerprint density at radius 1 is 1.13 bits per heavy atom. The highest BCUT2D eigenvalue weighted by Gasteiger charge is 2.32. The fourth-order valence-electron chi connectivity index (χ4n) is 2.39. The highest BCUT2D eigenvalue weighted by molar-refractivity contribution is 4.86. The van der Waals surface area contributed by atoms with Crippen molar-refractivity contribution >= 4 is 0 Å². The molecule has 0 radical (unpaired) electrons. The van der Waals surface area contributed by atoms with E-state index < -0.39 is 0 Å². The van der Waals surface area contributed by atoms with Crippen molar-refractivity contribution < 1.29 is 10.2 Å². The van der Waals surface area contributed by atoms with E-state index >= 15 is 0 Å². The van der Waals surface area contributed by atoms with Gasteiger partial charge in [0.1, 0.15) is 0 Å². The van der Waals surface area contributed by atoms with Crippen molar-refractivity contribution in [2.24, 2.45) is 11.8 Å². The van der Waals surface area contributed by atoms with E-state index in [9.17, 15) is 5.11 Å². The second kappa shape index (κ2) is 5.28. The van der Waals surface area contributed by atoms with Crippen molar-refractivity contribution in [3.63, 3.8) is 0 Å². The second-order valence-corrected chi connectivity index (χ2v) is 5.74. The minimum absolute atomic E-state index is 0.168. The summed E-state index contributed by atoms with van der Waals surface area (Å²) in [5.41, 5.74) is 0.168. The maximum atomic E-state index is 9.27. The highest BCUT2D eigenvalue weighted by Crippen LogP contribution is 2.28. The third-order valence-corrected chi connectivity index (χ3v) is 3.37. The molecule has 0 aliphatic carbocycles. The average molecular weight is 215 g/mol. The third kappa shape index (κ3) is 3.74. The van der Waals surface area contributed by atoms with Crippen molar-refractivity contribution in [3.8, 4) is 0 Å². The van der Waals surface area contributed by atoms with Crippen LogP contribution < -0.4 is 0 Å². The molecule has 2 N–H and O–H groups in total. The molecule has 3 nitrogen and oxygen atoms in total. The Kier molecular flexibility index (Phi) is 4.56. The van der Waals surface area contributed by atoms with Gasteiger partial charge in [-0.2, -0.15) is 0 Å². The van der Waals surface area contributed by atoms with Gasteiger partial charge in [-0.3, -0.25) is 4.90 Å². The number of aliphatic hydroxyl groups is 2. The summed E-state index contributed by atoms with van der Waals surface area (Å²) in [5, 5.41) is 18.3. The smallest absolute Gasteiger partial charge is 0.0471 e. The summed E-state index contributed by atoms with van der Waals surface area (Å²) in [7, 11) is 0. The lowest BCUT2D eigenvalue weighted by molar-refractivity contribution is 0.0200. The molecule has 0 amide bonds. The number of aliphatic hydroxyl groups excluding tert-OH is 2. The number of rotatable bonds is 3. The van der Waals surface area contributed by atoms with Crippen LogP contribution in [0.25, 0.3) is 0 Å². The fourth-order valence-corrected chi connectivity index (χ4v) is 2.39. The van der Waals surface area contributed by atoms with Crippen LogP contribution >= 0.6 is 0 Å². The molecule has 90 valence electrons. The monoisotopic (exact) mass is 215 g/mol. The Bertz CT molecular complexity index is 189. The molecule has 0 aromatic rings. The van der Waals surface area contributed by atoms with E-state index in [4.69, 9.17) is 5.11 Å².